The van der Waals surface area contributed by atoms with Gasteiger partial charge in [0, 0.05) is 12.7 Å². The van der Waals surface area contributed by atoms with Gasteiger partial charge in [0.2, 0.25) is 0 Å². The van der Waals surface area contributed by atoms with Crippen molar-refractivity contribution in [1.82, 2.24) is 14.9 Å². The van der Waals surface area contributed by atoms with Crippen LogP contribution in [0.15, 0.2) is 0 Å². The van der Waals surface area contributed by atoms with Crippen LogP contribution in [0.4, 0.5) is 0 Å². The Morgan fingerprint density at radius 3 is 2.87 bits per heavy atom. The summed E-state index contributed by atoms with van der Waals surface area (Å²) in [5, 5.41) is 3.54. The van der Waals surface area contributed by atoms with Gasteiger partial charge in [-0.1, -0.05) is 0 Å². The molecule has 3 nitrogen and oxygen atoms in total. The second-order valence-electron chi connectivity index (χ2n) is 4.78. The molecule has 1 N–H and O–H groups in total. The van der Waals surface area contributed by atoms with Crippen molar-refractivity contribution in [2.24, 2.45) is 7.05 Å². The molecule has 82 valence electrons. The van der Waals surface area contributed by atoms with Crippen LogP contribution < -0.4 is 5.32 Å². The van der Waals surface area contributed by atoms with Gasteiger partial charge < -0.3 is 9.88 Å². The number of hydrogen-bond acceptors (Lipinski definition) is 2. The van der Waals surface area contributed by atoms with Crippen molar-refractivity contribution < 1.29 is 0 Å². The number of nitrogens with zero attached hydrogens (tertiary/aromatic N) is 2. The van der Waals surface area contributed by atoms with Crippen LogP contribution in [0.25, 0.3) is 0 Å². The van der Waals surface area contributed by atoms with Crippen molar-refractivity contribution in [3.63, 3.8) is 0 Å². The standard InChI is InChI=1S/C12H19N3/c1-15-11-7-3-2-5-9(11)14-12(15)10-6-4-8-13-10/h10,13H,2-8H2,1H3. The molecule has 3 heteroatoms. The van der Waals surface area contributed by atoms with Crippen LogP contribution in [0.5, 0.6) is 0 Å². The van der Waals surface area contributed by atoms with Crippen LogP contribution in [0.2, 0.25) is 0 Å². The molecule has 1 atom stereocenters. The van der Waals surface area contributed by atoms with Crippen LogP contribution in [0.1, 0.15) is 48.9 Å². The highest BCUT2D eigenvalue weighted by Gasteiger charge is 2.25. The fourth-order valence-corrected chi connectivity index (χ4v) is 2.92. The molecule has 1 fully saturated rings. The number of aryl methyl sites for hydroxylation is 1. The Labute approximate surface area is 90.9 Å². The van der Waals surface area contributed by atoms with E-state index in [1.54, 1.807) is 0 Å². The Hall–Kier alpha value is -0.830. The highest BCUT2D eigenvalue weighted by Crippen LogP contribution is 2.27. The summed E-state index contributed by atoms with van der Waals surface area (Å²) in [6.45, 7) is 1.15. The van der Waals surface area contributed by atoms with Crippen molar-refractivity contribution >= 4 is 0 Å². The second kappa shape index (κ2) is 3.63. The van der Waals surface area contributed by atoms with Gasteiger partial charge in [0.15, 0.2) is 0 Å². The molecule has 3 rings (SSSR count). The Kier molecular flexibility index (Phi) is 2.28. The maximum atomic E-state index is 4.83. The Balaban J connectivity index is 1.97. The molecule has 1 aromatic heterocycles. The maximum absolute atomic E-state index is 4.83. The van der Waals surface area contributed by atoms with Crippen molar-refractivity contribution in [1.29, 1.82) is 0 Å². The molecular weight excluding hydrogens is 186 g/mol. The predicted octanol–water partition coefficient (Wildman–Crippen LogP) is 1.72. The molecule has 0 amide bonds. The highest BCUT2D eigenvalue weighted by molar-refractivity contribution is 5.21. The Bertz CT molecular complexity index is 361. The molecule has 0 aromatic carbocycles. The fraction of sp³-hybridized carbons (Fsp3) is 0.750. The number of hydrogen-bond donors (Lipinski definition) is 1. The summed E-state index contributed by atoms with van der Waals surface area (Å²) in [5.41, 5.74) is 2.86. The third-order valence-electron chi connectivity index (χ3n) is 3.78. The zero-order chi connectivity index (χ0) is 10.3. The van der Waals surface area contributed by atoms with Gasteiger partial charge in [0.05, 0.1) is 11.7 Å². The van der Waals surface area contributed by atoms with E-state index in [1.165, 1.54) is 55.7 Å². The summed E-state index contributed by atoms with van der Waals surface area (Å²) in [6.07, 6.45) is 7.62. The van der Waals surface area contributed by atoms with E-state index in [0.29, 0.717) is 6.04 Å². The summed E-state index contributed by atoms with van der Waals surface area (Å²) in [5.74, 6) is 1.28. The zero-order valence-corrected chi connectivity index (χ0v) is 9.42. The van der Waals surface area contributed by atoms with E-state index in [1.807, 2.05) is 0 Å². The number of aromatic nitrogens is 2. The van der Waals surface area contributed by atoms with Crippen LogP contribution in [-0.2, 0) is 19.9 Å². The van der Waals surface area contributed by atoms with Crippen molar-refractivity contribution in [2.75, 3.05) is 6.54 Å². The molecule has 1 aliphatic heterocycles. The van der Waals surface area contributed by atoms with Crippen molar-refractivity contribution in [3.05, 3.63) is 17.2 Å². The molecular formula is C12H19N3. The van der Waals surface area contributed by atoms with Gasteiger partial charge in [-0.25, -0.2) is 4.98 Å². The average Bonchev–Trinajstić information content (AvgIpc) is 2.87. The van der Waals surface area contributed by atoms with Gasteiger partial charge in [-0.3, -0.25) is 0 Å². The molecule has 1 unspecified atom stereocenters. The molecule has 0 spiro atoms. The molecule has 0 saturated carbocycles. The van der Waals surface area contributed by atoms with Crippen LogP contribution in [0.3, 0.4) is 0 Å². The Morgan fingerprint density at radius 1 is 1.27 bits per heavy atom. The van der Waals surface area contributed by atoms with E-state index in [4.69, 9.17) is 4.98 Å². The number of imidazole rings is 1. The molecule has 1 aromatic rings. The third kappa shape index (κ3) is 1.49. The van der Waals surface area contributed by atoms with E-state index in [-0.39, 0.29) is 0 Å². The minimum absolute atomic E-state index is 0.514. The monoisotopic (exact) mass is 205 g/mol. The fourth-order valence-electron chi connectivity index (χ4n) is 2.92. The smallest absolute Gasteiger partial charge is 0.126 e. The summed E-state index contributed by atoms with van der Waals surface area (Å²) >= 11 is 0. The first-order valence-electron chi connectivity index (χ1n) is 6.14. The quantitative estimate of drug-likeness (QED) is 0.756. The number of nitrogens with one attached hydrogen (secondary N) is 1. The van der Waals surface area contributed by atoms with Crippen molar-refractivity contribution in [2.45, 2.75) is 44.6 Å². The largest absolute Gasteiger partial charge is 0.334 e. The molecule has 1 aliphatic carbocycles. The summed E-state index contributed by atoms with van der Waals surface area (Å²) in [7, 11) is 2.19. The van der Waals surface area contributed by atoms with E-state index in [9.17, 15) is 0 Å². The van der Waals surface area contributed by atoms with E-state index < -0.39 is 0 Å². The lowest BCUT2D eigenvalue weighted by molar-refractivity contribution is 0.570. The molecule has 2 aliphatic rings. The summed E-state index contributed by atoms with van der Waals surface area (Å²) < 4.78 is 2.34. The maximum Gasteiger partial charge on any atom is 0.126 e. The lowest BCUT2D eigenvalue weighted by Crippen LogP contribution is -2.17. The van der Waals surface area contributed by atoms with E-state index in [0.717, 1.165) is 6.54 Å². The lowest BCUT2D eigenvalue weighted by atomic mass is 10.0. The third-order valence-corrected chi connectivity index (χ3v) is 3.78. The molecule has 1 saturated heterocycles. The summed E-state index contributed by atoms with van der Waals surface area (Å²) in [4.78, 5) is 4.83. The Morgan fingerprint density at radius 2 is 2.13 bits per heavy atom. The van der Waals surface area contributed by atoms with Crippen LogP contribution in [-0.4, -0.2) is 16.1 Å². The number of fused-ring (bicyclic) bond motifs is 1. The highest BCUT2D eigenvalue weighted by atomic mass is 15.1. The molecule has 0 bridgehead atoms. The average molecular weight is 205 g/mol. The van der Waals surface area contributed by atoms with Gasteiger partial charge in [-0.2, -0.15) is 0 Å². The van der Waals surface area contributed by atoms with Gasteiger partial charge in [0.1, 0.15) is 5.82 Å². The first kappa shape index (κ1) is 9.40. The van der Waals surface area contributed by atoms with Gasteiger partial charge in [-0.05, 0) is 45.1 Å². The minimum Gasteiger partial charge on any atom is -0.334 e. The van der Waals surface area contributed by atoms with Crippen LogP contribution in [0, 0.1) is 0 Å². The first-order chi connectivity index (χ1) is 7.36. The van der Waals surface area contributed by atoms with E-state index >= 15 is 0 Å². The van der Waals surface area contributed by atoms with E-state index in [2.05, 4.69) is 16.9 Å². The SMILES string of the molecule is Cn1c(C2CCCN2)nc2c1CCCC2. The molecule has 2 heterocycles. The lowest BCUT2D eigenvalue weighted by Gasteiger charge is -2.13. The number of rotatable bonds is 1. The minimum atomic E-state index is 0.514. The summed E-state index contributed by atoms with van der Waals surface area (Å²) in [6, 6.07) is 0.514. The first-order valence-corrected chi connectivity index (χ1v) is 6.14. The van der Waals surface area contributed by atoms with Gasteiger partial charge >= 0.3 is 0 Å². The zero-order valence-electron chi connectivity index (χ0n) is 9.42. The normalized spacial score (nSPS) is 25.5. The molecule has 15 heavy (non-hydrogen) atoms. The van der Waals surface area contributed by atoms with Gasteiger partial charge in [0.25, 0.3) is 0 Å². The van der Waals surface area contributed by atoms with Crippen molar-refractivity contribution in [3.8, 4) is 0 Å². The van der Waals surface area contributed by atoms with Gasteiger partial charge in [-0.15, -0.1) is 0 Å². The van der Waals surface area contributed by atoms with Crippen LogP contribution >= 0.6 is 0 Å². The predicted molar refractivity (Wildman–Crippen MR) is 59.8 cm³/mol. The topological polar surface area (TPSA) is 29.9 Å². The second-order valence-corrected chi connectivity index (χ2v) is 4.78. The molecule has 0 radical (unpaired) electrons.